The third-order valence-electron chi connectivity index (χ3n) is 2.66. The highest BCUT2D eigenvalue weighted by atomic mass is 16.3. The minimum Gasteiger partial charge on any atom is -0.508 e. The number of aromatic nitrogens is 4. The molecule has 0 aliphatic rings. The first-order valence-electron chi connectivity index (χ1n) is 5.49. The molecule has 0 saturated carbocycles. The number of rotatable bonds is 3. The number of phenolic OH excluding ortho intramolecular Hbond substituents is 1. The number of anilines is 1. The highest BCUT2D eigenvalue weighted by Gasteiger charge is 2.06. The van der Waals surface area contributed by atoms with E-state index in [0.717, 1.165) is 11.1 Å². The van der Waals surface area contributed by atoms with E-state index in [1.807, 2.05) is 12.1 Å². The lowest BCUT2D eigenvalue weighted by atomic mass is 10.2. The van der Waals surface area contributed by atoms with Gasteiger partial charge in [-0.15, -0.1) is 0 Å². The Hall–Kier alpha value is -2.63. The van der Waals surface area contributed by atoms with Crippen molar-refractivity contribution in [3.05, 3.63) is 42.5 Å². The molecule has 0 aliphatic carbocycles. The van der Waals surface area contributed by atoms with Crippen molar-refractivity contribution in [1.82, 2.24) is 19.9 Å². The van der Waals surface area contributed by atoms with Gasteiger partial charge < -0.3 is 15.4 Å². The summed E-state index contributed by atoms with van der Waals surface area (Å²) in [7, 11) is 0. The Morgan fingerprint density at radius 1 is 1.17 bits per heavy atom. The first-order valence-corrected chi connectivity index (χ1v) is 5.49. The highest BCUT2D eigenvalue weighted by molar-refractivity contribution is 5.81. The summed E-state index contributed by atoms with van der Waals surface area (Å²) in [6.45, 7) is 0.484. The summed E-state index contributed by atoms with van der Waals surface area (Å²) in [6, 6.07) is 7.18. The topological polar surface area (TPSA) is 86.7 Å². The molecule has 0 unspecified atom stereocenters. The number of para-hydroxylation sites is 1. The number of hydrogen-bond donors (Lipinski definition) is 3. The summed E-state index contributed by atoms with van der Waals surface area (Å²) in [5, 5.41) is 12.8. The van der Waals surface area contributed by atoms with E-state index in [1.165, 1.54) is 6.33 Å². The third kappa shape index (κ3) is 1.84. The number of nitrogens with one attached hydrogen (secondary N) is 2. The normalized spacial score (nSPS) is 10.7. The number of fused-ring (bicyclic) bond motifs is 1. The molecule has 0 radical (unpaired) electrons. The molecule has 0 atom stereocenters. The number of phenols is 1. The molecule has 0 fully saturated rings. The van der Waals surface area contributed by atoms with Gasteiger partial charge in [0.1, 0.15) is 17.6 Å². The SMILES string of the molecule is Oc1ccccc1CNc1ncnc2nc[nH]c12. The Balaban J connectivity index is 1.85. The van der Waals surface area contributed by atoms with Crippen LogP contribution in [0, 0.1) is 0 Å². The average Bonchev–Trinajstić information content (AvgIpc) is 2.86. The second-order valence-electron chi connectivity index (χ2n) is 3.81. The molecule has 90 valence electrons. The maximum Gasteiger partial charge on any atom is 0.182 e. The number of hydrogen-bond acceptors (Lipinski definition) is 5. The van der Waals surface area contributed by atoms with Crippen LogP contribution in [0.4, 0.5) is 5.82 Å². The Morgan fingerprint density at radius 3 is 2.94 bits per heavy atom. The molecular weight excluding hydrogens is 230 g/mol. The van der Waals surface area contributed by atoms with Crippen LogP contribution in [0.3, 0.4) is 0 Å². The van der Waals surface area contributed by atoms with Crippen LogP contribution in [0.2, 0.25) is 0 Å². The summed E-state index contributed by atoms with van der Waals surface area (Å²) in [6.07, 6.45) is 3.03. The van der Waals surface area contributed by atoms with Crippen LogP contribution >= 0.6 is 0 Å². The van der Waals surface area contributed by atoms with E-state index in [2.05, 4.69) is 25.3 Å². The van der Waals surface area contributed by atoms with Crippen molar-refractivity contribution in [2.75, 3.05) is 5.32 Å². The van der Waals surface area contributed by atoms with Crippen LogP contribution in [0.25, 0.3) is 11.2 Å². The molecule has 1 aromatic carbocycles. The van der Waals surface area contributed by atoms with E-state index in [1.54, 1.807) is 18.5 Å². The summed E-state index contributed by atoms with van der Waals surface area (Å²) >= 11 is 0. The number of H-pyrrole nitrogens is 1. The first kappa shape index (κ1) is 10.5. The zero-order valence-corrected chi connectivity index (χ0v) is 9.46. The van der Waals surface area contributed by atoms with Gasteiger partial charge in [0.05, 0.1) is 6.33 Å². The molecule has 0 spiro atoms. The van der Waals surface area contributed by atoms with Gasteiger partial charge in [0, 0.05) is 12.1 Å². The average molecular weight is 241 g/mol. The van der Waals surface area contributed by atoms with Crippen molar-refractivity contribution < 1.29 is 5.11 Å². The maximum atomic E-state index is 9.67. The predicted molar refractivity (Wildman–Crippen MR) is 67.1 cm³/mol. The molecule has 2 aromatic heterocycles. The van der Waals surface area contributed by atoms with Gasteiger partial charge in [0.25, 0.3) is 0 Å². The number of aromatic amines is 1. The highest BCUT2D eigenvalue weighted by Crippen LogP contribution is 2.19. The lowest BCUT2D eigenvalue weighted by molar-refractivity contribution is 0.469. The second-order valence-corrected chi connectivity index (χ2v) is 3.81. The summed E-state index contributed by atoms with van der Waals surface area (Å²) < 4.78 is 0. The van der Waals surface area contributed by atoms with Crippen LogP contribution in [-0.2, 0) is 6.54 Å². The van der Waals surface area contributed by atoms with Crippen LogP contribution in [0.5, 0.6) is 5.75 Å². The van der Waals surface area contributed by atoms with E-state index >= 15 is 0 Å². The van der Waals surface area contributed by atoms with Crippen molar-refractivity contribution in [3.8, 4) is 5.75 Å². The largest absolute Gasteiger partial charge is 0.508 e. The van der Waals surface area contributed by atoms with Gasteiger partial charge in [-0.05, 0) is 6.07 Å². The monoisotopic (exact) mass is 241 g/mol. The maximum absolute atomic E-state index is 9.67. The van der Waals surface area contributed by atoms with Crippen molar-refractivity contribution in [3.63, 3.8) is 0 Å². The van der Waals surface area contributed by atoms with Crippen LogP contribution in [0.15, 0.2) is 36.9 Å². The molecule has 6 nitrogen and oxygen atoms in total. The first-order chi connectivity index (χ1) is 8.84. The Labute approximate surface area is 103 Å². The fourth-order valence-electron chi connectivity index (χ4n) is 1.74. The molecule has 0 bridgehead atoms. The van der Waals surface area contributed by atoms with E-state index in [9.17, 15) is 5.11 Å². The molecule has 3 N–H and O–H groups in total. The van der Waals surface area contributed by atoms with Crippen LogP contribution < -0.4 is 5.32 Å². The molecular formula is C12H11N5O. The van der Waals surface area contributed by atoms with Crippen molar-refractivity contribution >= 4 is 17.0 Å². The molecule has 0 saturated heterocycles. The fraction of sp³-hybridized carbons (Fsp3) is 0.0833. The van der Waals surface area contributed by atoms with Crippen LogP contribution in [0.1, 0.15) is 5.56 Å². The lowest BCUT2D eigenvalue weighted by Crippen LogP contribution is -2.02. The number of imidazole rings is 1. The van der Waals surface area contributed by atoms with Crippen molar-refractivity contribution in [1.29, 1.82) is 0 Å². The summed E-state index contributed by atoms with van der Waals surface area (Å²) in [4.78, 5) is 15.2. The van der Waals surface area contributed by atoms with E-state index in [4.69, 9.17) is 0 Å². The van der Waals surface area contributed by atoms with Gasteiger partial charge in [-0.2, -0.15) is 0 Å². The van der Waals surface area contributed by atoms with E-state index < -0.39 is 0 Å². The van der Waals surface area contributed by atoms with Crippen LogP contribution in [-0.4, -0.2) is 25.0 Å². The minimum atomic E-state index is 0.264. The van der Waals surface area contributed by atoms with Crippen molar-refractivity contribution in [2.24, 2.45) is 0 Å². The molecule has 0 aliphatic heterocycles. The Kier molecular flexibility index (Phi) is 2.53. The number of nitrogens with zero attached hydrogens (tertiary/aromatic N) is 3. The minimum absolute atomic E-state index is 0.264. The zero-order chi connectivity index (χ0) is 12.4. The zero-order valence-electron chi connectivity index (χ0n) is 9.46. The molecule has 3 aromatic rings. The molecule has 3 rings (SSSR count). The van der Waals surface area contributed by atoms with E-state index in [-0.39, 0.29) is 5.75 Å². The van der Waals surface area contributed by atoms with Gasteiger partial charge in [-0.3, -0.25) is 0 Å². The van der Waals surface area contributed by atoms with Crippen molar-refractivity contribution in [2.45, 2.75) is 6.54 Å². The van der Waals surface area contributed by atoms with Gasteiger partial charge >= 0.3 is 0 Å². The smallest absolute Gasteiger partial charge is 0.182 e. The summed E-state index contributed by atoms with van der Waals surface area (Å²) in [5.74, 6) is 0.931. The number of aromatic hydroxyl groups is 1. The Bertz CT molecular complexity index is 679. The predicted octanol–water partition coefficient (Wildman–Crippen LogP) is 1.67. The molecule has 6 heteroatoms. The lowest BCUT2D eigenvalue weighted by Gasteiger charge is -2.07. The van der Waals surface area contributed by atoms with Gasteiger partial charge in [-0.25, -0.2) is 15.0 Å². The fourth-order valence-corrected chi connectivity index (χ4v) is 1.74. The van der Waals surface area contributed by atoms with E-state index in [0.29, 0.717) is 18.0 Å². The quantitative estimate of drug-likeness (QED) is 0.649. The van der Waals surface area contributed by atoms with Gasteiger partial charge in [0.2, 0.25) is 0 Å². The second kappa shape index (κ2) is 4.33. The van der Waals surface area contributed by atoms with Gasteiger partial charge in [0.15, 0.2) is 11.5 Å². The number of benzene rings is 1. The Morgan fingerprint density at radius 2 is 2.06 bits per heavy atom. The summed E-state index contributed by atoms with van der Waals surface area (Å²) in [5.41, 5.74) is 2.18. The molecule has 18 heavy (non-hydrogen) atoms. The standard InChI is InChI=1S/C12H11N5O/c18-9-4-2-1-3-8(9)5-13-11-10-12(15-6-14-10)17-7-16-11/h1-4,6-7,18H,5H2,(H2,13,14,15,16,17). The third-order valence-corrected chi connectivity index (χ3v) is 2.66. The van der Waals surface area contributed by atoms with Gasteiger partial charge in [-0.1, -0.05) is 18.2 Å². The molecule has 2 heterocycles. The molecule has 0 amide bonds.